The van der Waals surface area contributed by atoms with Gasteiger partial charge in [-0.05, 0) is 30.7 Å². The van der Waals surface area contributed by atoms with Gasteiger partial charge >= 0.3 is 0 Å². The molecule has 0 saturated carbocycles. The maximum absolute atomic E-state index is 12.5. The Kier molecular flexibility index (Phi) is 4.30. The van der Waals surface area contributed by atoms with Crippen LogP contribution in [0, 0.1) is 0 Å². The van der Waals surface area contributed by atoms with Gasteiger partial charge in [-0.15, -0.1) is 11.3 Å². The van der Waals surface area contributed by atoms with Crippen LogP contribution in [0.5, 0.6) is 5.75 Å². The quantitative estimate of drug-likeness (QED) is 0.763. The summed E-state index contributed by atoms with van der Waals surface area (Å²) in [6, 6.07) is 12.9. The SMILES string of the molecule is COc1cc(NC(=O)c2nc3ccccc3s2)ccc1N1CCCC1=O. The monoisotopic (exact) mass is 367 g/mol. The van der Waals surface area contributed by atoms with Crippen LogP contribution in [0.2, 0.25) is 0 Å². The zero-order chi connectivity index (χ0) is 18.1. The summed E-state index contributed by atoms with van der Waals surface area (Å²) in [7, 11) is 1.55. The fourth-order valence-electron chi connectivity index (χ4n) is 3.04. The largest absolute Gasteiger partial charge is 0.494 e. The number of aromatic nitrogens is 1. The number of nitrogens with one attached hydrogen (secondary N) is 1. The number of amides is 2. The average molecular weight is 367 g/mol. The van der Waals surface area contributed by atoms with Crippen LogP contribution in [0.15, 0.2) is 42.5 Å². The summed E-state index contributed by atoms with van der Waals surface area (Å²) in [5, 5.41) is 3.25. The van der Waals surface area contributed by atoms with Gasteiger partial charge in [0.1, 0.15) is 5.75 Å². The van der Waals surface area contributed by atoms with Crippen LogP contribution in [0.1, 0.15) is 22.6 Å². The lowest BCUT2D eigenvalue weighted by atomic mass is 10.2. The lowest BCUT2D eigenvalue weighted by molar-refractivity contribution is -0.117. The van der Waals surface area contributed by atoms with Crippen LogP contribution in [0.3, 0.4) is 0 Å². The number of para-hydroxylation sites is 1. The van der Waals surface area contributed by atoms with Gasteiger partial charge in [0.25, 0.3) is 5.91 Å². The van der Waals surface area contributed by atoms with Gasteiger partial charge in [0.15, 0.2) is 5.01 Å². The van der Waals surface area contributed by atoms with E-state index in [-0.39, 0.29) is 11.8 Å². The highest BCUT2D eigenvalue weighted by molar-refractivity contribution is 7.20. The van der Waals surface area contributed by atoms with Crippen molar-refractivity contribution < 1.29 is 14.3 Å². The Morgan fingerprint density at radius 1 is 1.27 bits per heavy atom. The van der Waals surface area contributed by atoms with Crippen molar-refractivity contribution in [2.45, 2.75) is 12.8 Å². The lowest BCUT2D eigenvalue weighted by Crippen LogP contribution is -2.24. The number of carbonyl (C=O) groups is 2. The number of nitrogens with zero attached hydrogens (tertiary/aromatic N) is 2. The van der Waals surface area contributed by atoms with Crippen molar-refractivity contribution in [3.8, 4) is 5.75 Å². The minimum atomic E-state index is -0.266. The Bertz CT molecular complexity index is 966. The van der Waals surface area contributed by atoms with Gasteiger partial charge in [-0.1, -0.05) is 12.1 Å². The molecule has 7 heteroatoms. The first-order valence-corrected chi connectivity index (χ1v) is 9.12. The molecule has 6 nitrogen and oxygen atoms in total. The van der Waals surface area contributed by atoms with Crippen molar-refractivity contribution in [2.24, 2.45) is 0 Å². The van der Waals surface area contributed by atoms with E-state index in [1.807, 2.05) is 24.3 Å². The number of thiazole rings is 1. The van der Waals surface area contributed by atoms with Gasteiger partial charge in [-0.3, -0.25) is 9.59 Å². The second-order valence-electron chi connectivity index (χ2n) is 5.98. The topological polar surface area (TPSA) is 71.5 Å². The molecule has 1 N–H and O–H groups in total. The first-order chi connectivity index (χ1) is 12.7. The summed E-state index contributed by atoms with van der Waals surface area (Å²) in [5.41, 5.74) is 2.14. The minimum Gasteiger partial charge on any atom is -0.494 e. The second kappa shape index (κ2) is 6.76. The van der Waals surface area contributed by atoms with E-state index in [1.165, 1.54) is 11.3 Å². The van der Waals surface area contributed by atoms with E-state index < -0.39 is 0 Å². The van der Waals surface area contributed by atoms with Crippen LogP contribution in [0.4, 0.5) is 11.4 Å². The average Bonchev–Trinajstić information content (AvgIpc) is 3.27. The molecule has 0 aliphatic carbocycles. The van der Waals surface area contributed by atoms with E-state index in [0.29, 0.717) is 29.4 Å². The van der Waals surface area contributed by atoms with Crippen molar-refractivity contribution in [3.05, 3.63) is 47.5 Å². The molecule has 0 atom stereocenters. The summed E-state index contributed by atoms with van der Waals surface area (Å²) < 4.78 is 6.39. The number of methoxy groups -OCH3 is 1. The standard InChI is InChI=1S/C19H17N3O3S/c1-25-15-11-12(8-9-14(15)22-10-4-7-17(22)23)20-18(24)19-21-13-5-2-3-6-16(13)26-19/h2-3,5-6,8-9,11H,4,7,10H2,1H3,(H,20,24). The summed E-state index contributed by atoms with van der Waals surface area (Å²) in [6.07, 6.45) is 1.40. The molecule has 1 saturated heterocycles. The van der Waals surface area contributed by atoms with Gasteiger partial charge in [0.2, 0.25) is 5.91 Å². The summed E-state index contributed by atoms with van der Waals surface area (Å²) >= 11 is 1.35. The molecular weight excluding hydrogens is 350 g/mol. The molecule has 0 unspecified atom stereocenters. The van der Waals surface area contributed by atoms with E-state index >= 15 is 0 Å². The molecule has 1 fully saturated rings. The van der Waals surface area contributed by atoms with E-state index in [4.69, 9.17) is 4.74 Å². The van der Waals surface area contributed by atoms with Crippen LogP contribution < -0.4 is 15.0 Å². The smallest absolute Gasteiger partial charge is 0.284 e. The van der Waals surface area contributed by atoms with Crippen LogP contribution in [-0.4, -0.2) is 30.5 Å². The Labute approximate surface area is 154 Å². The Morgan fingerprint density at radius 2 is 2.12 bits per heavy atom. The maximum atomic E-state index is 12.5. The Morgan fingerprint density at radius 3 is 2.85 bits per heavy atom. The van der Waals surface area contributed by atoms with Gasteiger partial charge in [-0.2, -0.15) is 0 Å². The number of rotatable bonds is 4. The minimum absolute atomic E-state index is 0.0922. The van der Waals surface area contributed by atoms with E-state index in [1.54, 1.807) is 30.2 Å². The normalized spacial score (nSPS) is 14.0. The van der Waals surface area contributed by atoms with Crippen molar-refractivity contribution >= 4 is 44.7 Å². The Hall–Kier alpha value is -2.93. The molecule has 26 heavy (non-hydrogen) atoms. The van der Waals surface area contributed by atoms with Crippen LogP contribution >= 0.6 is 11.3 Å². The zero-order valence-corrected chi connectivity index (χ0v) is 15.0. The van der Waals surface area contributed by atoms with Crippen molar-refractivity contribution in [1.29, 1.82) is 0 Å². The summed E-state index contributed by atoms with van der Waals surface area (Å²) in [5.74, 6) is 0.384. The molecule has 2 heterocycles. The van der Waals surface area contributed by atoms with Crippen molar-refractivity contribution in [2.75, 3.05) is 23.9 Å². The first kappa shape index (κ1) is 16.5. The number of carbonyl (C=O) groups excluding carboxylic acids is 2. The summed E-state index contributed by atoms with van der Waals surface area (Å²) in [4.78, 5) is 30.6. The highest BCUT2D eigenvalue weighted by Crippen LogP contribution is 2.34. The molecule has 0 radical (unpaired) electrons. The zero-order valence-electron chi connectivity index (χ0n) is 14.2. The number of ether oxygens (including phenoxy) is 1. The Balaban J connectivity index is 1.57. The third-order valence-electron chi connectivity index (χ3n) is 4.29. The fourth-order valence-corrected chi connectivity index (χ4v) is 3.90. The van der Waals surface area contributed by atoms with Gasteiger partial charge < -0.3 is 15.0 Å². The van der Waals surface area contributed by atoms with E-state index in [9.17, 15) is 9.59 Å². The highest BCUT2D eigenvalue weighted by Gasteiger charge is 2.24. The van der Waals surface area contributed by atoms with Gasteiger partial charge in [0, 0.05) is 24.7 Å². The third kappa shape index (κ3) is 3.01. The molecule has 1 aromatic heterocycles. The number of anilines is 2. The van der Waals surface area contributed by atoms with E-state index in [2.05, 4.69) is 10.3 Å². The number of hydrogen-bond donors (Lipinski definition) is 1. The third-order valence-corrected chi connectivity index (χ3v) is 5.33. The number of fused-ring (bicyclic) bond motifs is 1. The molecule has 2 amide bonds. The van der Waals surface area contributed by atoms with Crippen molar-refractivity contribution in [3.63, 3.8) is 0 Å². The molecule has 2 aromatic carbocycles. The maximum Gasteiger partial charge on any atom is 0.284 e. The van der Waals surface area contributed by atoms with Gasteiger partial charge in [-0.25, -0.2) is 4.98 Å². The first-order valence-electron chi connectivity index (χ1n) is 8.31. The molecule has 0 bridgehead atoms. The van der Waals surface area contributed by atoms with Crippen molar-refractivity contribution in [1.82, 2.24) is 4.98 Å². The molecule has 1 aliphatic heterocycles. The highest BCUT2D eigenvalue weighted by atomic mass is 32.1. The molecular formula is C19H17N3O3S. The predicted octanol–water partition coefficient (Wildman–Crippen LogP) is 3.68. The van der Waals surface area contributed by atoms with Crippen LogP contribution in [0.25, 0.3) is 10.2 Å². The number of hydrogen-bond acceptors (Lipinski definition) is 5. The predicted molar refractivity (Wildman–Crippen MR) is 102 cm³/mol. The number of benzene rings is 2. The van der Waals surface area contributed by atoms with Crippen LogP contribution in [-0.2, 0) is 4.79 Å². The lowest BCUT2D eigenvalue weighted by Gasteiger charge is -2.19. The molecule has 3 aromatic rings. The fraction of sp³-hybridized carbons (Fsp3) is 0.211. The molecule has 0 spiro atoms. The molecule has 132 valence electrons. The molecule has 4 rings (SSSR count). The summed E-state index contributed by atoms with van der Waals surface area (Å²) in [6.45, 7) is 0.687. The van der Waals surface area contributed by atoms with Gasteiger partial charge in [0.05, 0.1) is 23.0 Å². The second-order valence-corrected chi connectivity index (χ2v) is 7.01. The van der Waals surface area contributed by atoms with E-state index in [0.717, 1.165) is 22.3 Å². The molecule has 1 aliphatic rings.